The van der Waals surface area contributed by atoms with E-state index in [4.69, 9.17) is 17.3 Å². The van der Waals surface area contributed by atoms with Crippen LogP contribution < -0.4 is 15.5 Å². The van der Waals surface area contributed by atoms with Crippen LogP contribution in [0.25, 0.3) is 10.4 Å². The number of thiocarbonyl (C=S) groups is 1. The van der Waals surface area contributed by atoms with Crippen molar-refractivity contribution in [2.24, 2.45) is 5.10 Å². The minimum absolute atomic E-state index is 0.0828. The van der Waals surface area contributed by atoms with E-state index in [1.54, 1.807) is 24.4 Å². The molecule has 0 aliphatic heterocycles. The van der Waals surface area contributed by atoms with Crippen molar-refractivity contribution in [2.75, 3.05) is 5.32 Å². The Kier molecular flexibility index (Phi) is 7.19. The molecule has 33 heavy (non-hydrogen) atoms. The van der Waals surface area contributed by atoms with Crippen molar-refractivity contribution in [3.05, 3.63) is 65.0 Å². The zero-order chi connectivity index (χ0) is 24.2. The molecule has 0 aliphatic rings. The van der Waals surface area contributed by atoms with Gasteiger partial charge in [0.2, 0.25) is 0 Å². The van der Waals surface area contributed by atoms with Crippen LogP contribution in [0.15, 0.2) is 59.0 Å². The number of aromatic carboxylic acids is 1. The number of carboxylic acid groups (broad SMARTS) is 1. The Hall–Kier alpha value is -3.64. The van der Waals surface area contributed by atoms with Crippen molar-refractivity contribution in [2.45, 2.75) is 13.3 Å². The predicted octanol–water partition coefficient (Wildman–Crippen LogP) is 5.43. The number of carboxylic acids is 1. The first-order valence-electron chi connectivity index (χ1n) is 9.15. The molecule has 4 N–H and O–H groups in total. The fourth-order valence-corrected chi connectivity index (χ4v) is 3.88. The Morgan fingerprint density at radius 1 is 1.18 bits per heavy atom. The van der Waals surface area contributed by atoms with Gasteiger partial charge in [-0.15, -0.1) is 24.5 Å². The molecular formula is C21H16F3N3O4S2. The van der Waals surface area contributed by atoms with Crippen molar-refractivity contribution in [3.63, 3.8) is 0 Å². The highest BCUT2D eigenvalue weighted by molar-refractivity contribution is 7.80. The van der Waals surface area contributed by atoms with Gasteiger partial charge in [-0.2, -0.15) is 5.10 Å². The molecule has 0 radical (unpaired) electrons. The lowest BCUT2D eigenvalue weighted by atomic mass is 10.1. The molecule has 172 valence electrons. The number of ether oxygens (including phenoxy) is 1. The maximum absolute atomic E-state index is 12.3. The Labute approximate surface area is 195 Å². The SMILES string of the molecule is CC(=NNC(=S)Nc1cccc(C(=O)O)c1)c1csc(-c2ccc(OC(F)(F)F)cc2)c1O. The fraction of sp³-hybridized carbons (Fsp3) is 0.0952. The van der Waals surface area contributed by atoms with Gasteiger partial charge in [0.15, 0.2) is 5.11 Å². The highest BCUT2D eigenvalue weighted by Crippen LogP contribution is 2.39. The largest absolute Gasteiger partial charge is 0.573 e. The van der Waals surface area contributed by atoms with Gasteiger partial charge >= 0.3 is 12.3 Å². The average Bonchev–Trinajstić information content (AvgIpc) is 3.13. The summed E-state index contributed by atoms with van der Waals surface area (Å²) in [5, 5.41) is 28.3. The smallest absolute Gasteiger partial charge is 0.506 e. The van der Waals surface area contributed by atoms with Crippen molar-refractivity contribution in [1.29, 1.82) is 0 Å². The Balaban J connectivity index is 1.68. The van der Waals surface area contributed by atoms with E-state index in [0.29, 0.717) is 27.4 Å². The monoisotopic (exact) mass is 495 g/mol. The summed E-state index contributed by atoms with van der Waals surface area (Å²) in [5.41, 5.74) is 4.48. The second-order valence-corrected chi connectivity index (χ2v) is 7.84. The summed E-state index contributed by atoms with van der Waals surface area (Å²) in [6, 6.07) is 11.2. The van der Waals surface area contributed by atoms with E-state index in [9.17, 15) is 23.1 Å². The maximum Gasteiger partial charge on any atom is 0.573 e. The third-order valence-electron chi connectivity index (χ3n) is 4.20. The van der Waals surface area contributed by atoms with Crippen molar-refractivity contribution in [1.82, 2.24) is 5.43 Å². The van der Waals surface area contributed by atoms with Crippen molar-refractivity contribution >= 4 is 46.0 Å². The predicted molar refractivity (Wildman–Crippen MR) is 123 cm³/mol. The van der Waals surface area contributed by atoms with E-state index in [1.165, 1.54) is 35.6 Å². The molecule has 0 unspecified atom stereocenters. The number of thiophene rings is 1. The molecule has 0 aliphatic carbocycles. The highest BCUT2D eigenvalue weighted by Gasteiger charge is 2.31. The van der Waals surface area contributed by atoms with Gasteiger partial charge in [-0.05, 0) is 67.2 Å². The van der Waals surface area contributed by atoms with Gasteiger partial charge in [-0.3, -0.25) is 5.43 Å². The highest BCUT2D eigenvalue weighted by atomic mass is 32.1. The normalized spacial score (nSPS) is 11.7. The van der Waals surface area contributed by atoms with Gasteiger partial charge < -0.3 is 20.3 Å². The van der Waals surface area contributed by atoms with Crippen LogP contribution in [0.4, 0.5) is 18.9 Å². The van der Waals surface area contributed by atoms with E-state index in [0.717, 1.165) is 12.1 Å². The van der Waals surface area contributed by atoms with Crippen LogP contribution >= 0.6 is 23.6 Å². The number of hydrazone groups is 1. The number of anilines is 1. The molecule has 0 saturated heterocycles. The first kappa shape index (κ1) is 24.0. The summed E-state index contributed by atoms with van der Waals surface area (Å²) >= 11 is 6.34. The molecule has 3 rings (SSSR count). The number of nitrogens with zero attached hydrogens (tertiary/aromatic N) is 1. The minimum Gasteiger partial charge on any atom is -0.506 e. The van der Waals surface area contributed by atoms with Gasteiger partial charge in [-0.1, -0.05) is 6.07 Å². The van der Waals surface area contributed by atoms with Gasteiger partial charge in [0.25, 0.3) is 0 Å². The number of nitrogens with one attached hydrogen (secondary N) is 2. The zero-order valence-corrected chi connectivity index (χ0v) is 18.4. The molecule has 0 amide bonds. The van der Waals surface area contributed by atoms with Crippen LogP contribution in [0.5, 0.6) is 11.5 Å². The third-order valence-corrected chi connectivity index (χ3v) is 5.41. The van der Waals surface area contributed by atoms with Crippen LogP contribution in [0.2, 0.25) is 0 Å². The molecule has 0 bridgehead atoms. The lowest BCUT2D eigenvalue weighted by Gasteiger charge is -2.09. The Morgan fingerprint density at radius 2 is 1.88 bits per heavy atom. The fourth-order valence-electron chi connectivity index (χ4n) is 2.71. The van der Waals surface area contributed by atoms with Gasteiger partial charge in [-0.25, -0.2) is 4.79 Å². The molecule has 3 aromatic rings. The lowest BCUT2D eigenvalue weighted by molar-refractivity contribution is -0.274. The first-order valence-corrected chi connectivity index (χ1v) is 10.4. The van der Waals surface area contributed by atoms with Crippen LogP contribution in [-0.2, 0) is 0 Å². The van der Waals surface area contributed by atoms with Crippen molar-refractivity contribution < 1.29 is 32.9 Å². The summed E-state index contributed by atoms with van der Waals surface area (Å²) in [7, 11) is 0. The average molecular weight is 496 g/mol. The summed E-state index contributed by atoms with van der Waals surface area (Å²) in [6.07, 6.45) is -4.78. The third kappa shape index (κ3) is 6.43. The second-order valence-electron chi connectivity index (χ2n) is 6.55. The summed E-state index contributed by atoms with van der Waals surface area (Å²) in [4.78, 5) is 11.5. The minimum atomic E-state index is -4.78. The number of benzene rings is 2. The zero-order valence-electron chi connectivity index (χ0n) is 16.8. The topological polar surface area (TPSA) is 103 Å². The number of hydrogen-bond donors (Lipinski definition) is 4. The molecular weight excluding hydrogens is 479 g/mol. The van der Waals surface area contributed by atoms with E-state index >= 15 is 0 Å². The molecule has 7 nitrogen and oxygen atoms in total. The number of hydrogen-bond acceptors (Lipinski definition) is 6. The molecule has 0 fully saturated rings. The van der Waals surface area contributed by atoms with Crippen LogP contribution in [-0.4, -0.2) is 33.4 Å². The number of rotatable bonds is 6. The summed E-state index contributed by atoms with van der Waals surface area (Å²) in [6.45, 7) is 1.63. The number of alkyl halides is 3. The number of halogens is 3. The Bertz CT molecular complexity index is 1210. The summed E-state index contributed by atoms with van der Waals surface area (Å²) in [5.74, 6) is -1.52. The number of carbonyl (C=O) groups is 1. The first-order chi connectivity index (χ1) is 15.5. The Morgan fingerprint density at radius 3 is 2.52 bits per heavy atom. The molecule has 0 spiro atoms. The van der Waals surface area contributed by atoms with Crippen LogP contribution in [0.3, 0.4) is 0 Å². The number of aromatic hydroxyl groups is 1. The lowest BCUT2D eigenvalue weighted by Crippen LogP contribution is -2.25. The molecule has 2 aromatic carbocycles. The molecule has 1 heterocycles. The van der Waals surface area contributed by atoms with E-state index in [-0.39, 0.29) is 22.2 Å². The standard InChI is InChI=1S/C21H16F3N3O4S2/c1-11(26-27-20(32)25-14-4-2-3-13(9-14)19(29)30)16-10-33-18(17(16)28)12-5-7-15(8-6-12)31-21(22,23)24/h2-10,28H,1H3,(H,29,30)(H2,25,27,32). The molecule has 1 aromatic heterocycles. The van der Waals surface area contributed by atoms with E-state index in [1.807, 2.05) is 0 Å². The van der Waals surface area contributed by atoms with Crippen molar-refractivity contribution in [3.8, 4) is 21.9 Å². The second kappa shape index (κ2) is 9.88. The quantitative estimate of drug-likeness (QED) is 0.205. The van der Waals surface area contributed by atoms with Gasteiger partial charge in [0, 0.05) is 11.1 Å². The molecule has 0 saturated carbocycles. The van der Waals surface area contributed by atoms with Gasteiger partial charge in [0.1, 0.15) is 11.5 Å². The van der Waals surface area contributed by atoms with E-state index in [2.05, 4.69) is 20.6 Å². The maximum atomic E-state index is 12.3. The van der Waals surface area contributed by atoms with Crippen LogP contribution in [0.1, 0.15) is 22.8 Å². The van der Waals surface area contributed by atoms with Crippen LogP contribution in [0, 0.1) is 0 Å². The molecule has 12 heteroatoms. The van der Waals surface area contributed by atoms with E-state index < -0.39 is 12.3 Å². The summed E-state index contributed by atoms with van der Waals surface area (Å²) < 4.78 is 40.8. The van der Waals surface area contributed by atoms with Gasteiger partial charge in [0.05, 0.1) is 21.7 Å². The molecule has 0 atom stereocenters.